The zero-order chi connectivity index (χ0) is 10.7. The highest BCUT2D eigenvalue weighted by atomic mass is 16.7. The summed E-state index contributed by atoms with van der Waals surface area (Å²) in [6, 6.07) is 0. The molecule has 0 aromatic rings. The summed E-state index contributed by atoms with van der Waals surface area (Å²) in [6.45, 7) is 0.129. The lowest BCUT2D eigenvalue weighted by Crippen LogP contribution is -2.49. The van der Waals surface area contributed by atoms with Gasteiger partial charge in [0.25, 0.3) is 0 Å². The fourth-order valence-electron chi connectivity index (χ4n) is 2.57. The predicted molar refractivity (Wildman–Crippen MR) is 54.4 cm³/mol. The van der Waals surface area contributed by atoms with Gasteiger partial charge < -0.3 is 19.7 Å². The highest BCUT2D eigenvalue weighted by Gasteiger charge is 2.42. The summed E-state index contributed by atoms with van der Waals surface area (Å²) in [5.41, 5.74) is 0. The molecule has 2 fully saturated rings. The van der Waals surface area contributed by atoms with Crippen LogP contribution < -0.4 is 0 Å². The number of hydrogen-bond acceptors (Lipinski definition) is 4. The Kier molecular flexibility index (Phi) is 3.61. The van der Waals surface area contributed by atoms with Crippen LogP contribution in [0.5, 0.6) is 0 Å². The highest BCUT2D eigenvalue weighted by molar-refractivity contribution is 4.83. The van der Waals surface area contributed by atoms with Gasteiger partial charge in [-0.25, -0.2) is 0 Å². The minimum Gasteiger partial charge on any atom is -0.394 e. The molecule has 0 bridgehead atoms. The summed E-state index contributed by atoms with van der Waals surface area (Å²) in [4.78, 5) is 0. The first-order valence-corrected chi connectivity index (χ1v) is 5.85. The van der Waals surface area contributed by atoms with E-state index in [0.717, 1.165) is 38.5 Å². The molecular formula is C11H20O4. The molecule has 0 amide bonds. The van der Waals surface area contributed by atoms with Gasteiger partial charge >= 0.3 is 0 Å². The lowest BCUT2D eigenvalue weighted by Gasteiger charge is -2.45. The van der Waals surface area contributed by atoms with Gasteiger partial charge in [0.2, 0.25) is 0 Å². The summed E-state index contributed by atoms with van der Waals surface area (Å²) >= 11 is 0. The standard InChI is InChI=1S/C11H20O4/c12-7-9-3-1-5-11(14-9)6-2-4-10(8-13)15-11/h9-10,12-13H,1-8H2/t9-,10?,11?/m1/s1. The Morgan fingerprint density at radius 1 is 0.933 bits per heavy atom. The van der Waals surface area contributed by atoms with E-state index in [0.29, 0.717) is 0 Å². The number of aliphatic hydroxyl groups is 2. The van der Waals surface area contributed by atoms with Crippen molar-refractivity contribution in [2.45, 2.75) is 56.5 Å². The van der Waals surface area contributed by atoms with Crippen molar-refractivity contribution >= 4 is 0 Å². The van der Waals surface area contributed by atoms with E-state index in [1.807, 2.05) is 0 Å². The first-order valence-electron chi connectivity index (χ1n) is 5.85. The molecule has 2 N–H and O–H groups in total. The molecular weight excluding hydrogens is 196 g/mol. The van der Waals surface area contributed by atoms with Crippen LogP contribution in [0.3, 0.4) is 0 Å². The number of aliphatic hydroxyl groups excluding tert-OH is 2. The molecule has 2 heterocycles. The van der Waals surface area contributed by atoms with Crippen LogP contribution in [-0.2, 0) is 9.47 Å². The molecule has 0 aromatic heterocycles. The van der Waals surface area contributed by atoms with E-state index in [2.05, 4.69) is 0 Å². The highest BCUT2D eigenvalue weighted by Crippen LogP contribution is 2.38. The third-order valence-electron chi connectivity index (χ3n) is 3.34. The predicted octanol–water partition coefficient (Wildman–Crippen LogP) is 0.805. The maximum atomic E-state index is 9.10. The van der Waals surface area contributed by atoms with Crippen LogP contribution in [0.15, 0.2) is 0 Å². The van der Waals surface area contributed by atoms with E-state index < -0.39 is 5.79 Å². The second-order valence-corrected chi connectivity index (χ2v) is 4.54. The van der Waals surface area contributed by atoms with Crippen LogP contribution in [0, 0.1) is 0 Å². The van der Waals surface area contributed by atoms with Gasteiger partial charge in [0, 0.05) is 12.8 Å². The smallest absolute Gasteiger partial charge is 0.169 e. The molecule has 2 aliphatic rings. The van der Waals surface area contributed by atoms with Crippen LogP contribution in [-0.4, -0.2) is 41.4 Å². The quantitative estimate of drug-likeness (QED) is 0.717. The third kappa shape index (κ3) is 2.50. The monoisotopic (exact) mass is 216 g/mol. The molecule has 3 atom stereocenters. The molecule has 1 spiro atoms. The summed E-state index contributed by atoms with van der Waals surface area (Å²) in [7, 11) is 0. The molecule has 2 aliphatic heterocycles. The van der Waals surface area contributed by atoms with Gasteiger partial charge in [-0.05, 0) is 25.7 Å². The van der Waals surface area contributed by atoms with E-state index in [9.17, 15) is 0 Å². The van der Waals surface area contributed by atoms with Crippen molar-refractivity contribution in [1.82, 2.24) is 0 Å². The van der Waals surface area contributed by atoms with Gasteiger partial charge in [0.05, 0.1) is 25.4 Å². The number of ether oxygens (including phenoxy) is 2. The Hall–Kier alpha value is -0.160. The van der Waals surface area contributed by atoms with Crippen LogP contribution >= 0.6 is 0 Å². The molecule has 0 aromatic carbocycles. The van der Waals surface area contributed by atoms with Crippen molar-refractivity contribution < 1.29 is 19.7 Å². The molecule has 4 nitrogen and oxygen atoms in total. The van der Waals surface area contributed by atoms with Crippen LogP contribution in [0.1, 0.15) is 38.5 Å². The van der Waals surface area contributed by atoms with Crippen molar-refractivity contribution in [3.05, 3.63) is 0 Å². The second-order valence-electron chi connectivity index (χ2n) is 4.54. The first kappa shape index (κ1) is 11.3. The summed E-state index contributed by atoms with van der Waals surface area (Å²) in [5, 5.41) is 18.2. The van der Waals surface area contributed by atoms with Crippen LogP contribution in [0.2, 0.25) is 0 Å². The number of rotatable bonds is 2. The molecule has 15 heavy (non-hydrogen) atoms. The van der Waals surface area contributed by atoms with E-state index in [-0.39, 0.29) is 25.4 Å². The van der Waals surface area contributed by atoms with Crippen molar-refractivity contribution in [1.29, 1.82) is 0 Å². The van der Waals surface area contributed by atoms with Gasteiger partial charge in [-0.1, -0.05) is 0 Å². The van der Waals surface area contributed by atoms with Crippen LogP contribution in [0.4, 0.5) is 0 Å². The minimum absolute atomic E-state index is 0.0644. The van der Waals surface area contributed by atoms with Crippen molar-refractivity contribution in [3.63, 3.8) is 0 Å². The van der Waals surface area contributed by atoms with E-state index in [1.165, 1.54) is 0 Å². The average Bonchev–Trinajstić information content (AvgIpc) is 2.29. The summed E-state index contributed by atoms with van der Waals surface area (Å²) < 4.78 is 11.6. The van der Waals surface area contributed by atoms with Gasteiger partial charge in [-0.3, -0.25) is 0 Å². The van der Waals surface area contributed by atoms with E-state index in [1.54, 1.807) is 0 Å². The molecule has 2 saturated heterocycles. The average molecular weight is 216 g/mol. The largest absolute Gasteiger partial charge is 0.394 e. The second kappa shape index (κ2) is 4.78. The normalized spacial score (nSPS) is 42.0. The molecule has 88 valence electrons. The van der Waals surface area contributed by atoms with Gasteiger partial charge in [0.1, 0.15) is 0 Å². The topological polar surface area (TPSA) is 58.9 Å². The number of hydrogen-bond donors (Lipinski definition) is 2. The molecule has 0 saturated carbocycles. The fraction of sp³-hybridized carbons (Fsp3) is 1.00. The Bertz CT molecular complexity index is 185. The first-order chi connectivity index (χ1) is 7.28. The minimum atomic E-state index is -0.517. The Morgan fingerprint density at radius 3 is 1.80 bits per heavy atom. The zero-order valence-electron chi connectivity index (χ0n) is 9.02. The fourth-order valence-corrected chi connectivity index (χ4v) is 2.57. The Morgan fingerprint density at radius 2 is 1.40 bits per heavy atom. The molecule has 2 unspecified atom stereocenters. The van der Waals surface area contributed by atoms with E-state index in [4.69, 9.17) is 19.7 Å². The summed E-state index contributed by atoms with van der Waals surface area (Å²) in [6.07, 6.45) is 5.48. The lowest BCUT2D eigenvalue weighted by molar-refractivity contribution is -0.320. The van der Waals surface area contributed by atoms with Crippen molar-refractivity contribution in [2.24, 2.45) is 0 Å². The van der Waals surface area contributed by atoms with Crippen LogP contribution in [0.25, 0.3) is 0 Å². The molecule has 0 radical (unpaired) electrons. The Labute approximate surface area is 90.2 Å². The summed E-state index contributed by atoms with van der Waals surface area (Å²) in [5.74, 6) is -0.517. The van der Waals surface area contributed by atoms with E-state index >= 15 is 0 Å². The molecule has 0 aliphatic carbocycles. The van der Waals surface area contributed by atoms with Gasteiger partial charge in [-0.2, -0.15) is 0 Å². The van der Waals surface area contributed by atoms with Gasteiger partial charge in [-0.15, -0.1) is 0 Å². The third-order valence-corrected chi connectivity index (χ3v) is 3.34. The molecule has 2 rings (SSSR count). The SMILES string of the molecule is OCC1CCCC2(CCC[C@H](CO)O2)O1. The van der Waals surface area contributed by atoms with Gasteiger partial charge in [0.15, 0.2) is 5.79 Å². The van der Waals surface area contributed by atoms with Crippen molar-refractivity contribution in [3.8, 4) is 0 Å². The maximum absolute atomic E-state index is 9.10. The lowest BCUT2D eigenvalue weighted by atomic mass is 9.93. The maximum Gasteiger partial charge on any atom is 0.169 e. The van der Waals surface area contributed by atoms with Crippen molar-refractivity contribution in [2.75, 3.05) is 13.2 Å². The molecule has 4 heteroatoms. The Balaban J connectivity index is 1.98. The zero-order valence-corrected chi connectivity index (χ0v) is 9.02.